The van der Waals surface area contributed by atoms with Gasteiger partial charge in [0.15, 0.2) is 0 Å². The average molecular weight is 541 g/mol. The third-order valence-electron chi connectivity index (χ3n) is 5.03. The van der Waals surface area contributed by atoms with Gasteiger partial charge >= 0.3 is 24.6 Å². The van der Waals surface area contributed by atoms with Crippen LogP contribution >= 0.6 is 11.3 Å². The predicted octanol–water partition coefficient (Wildman–Crippen LogP) is 8.24. The van der Waals surface area contributed by atoms with E-state index in [1.165, 1.54) is 17.4 Å². The second-order valence-corrected chi connectivity index (χ2v) is 8.53. The van der Waals surface area contributed by atoms with Crippen LogP contribution in [-0.4, -0.2) is 18.1 Å². The van der Waals surface area contributed by atoms with Crippen LogP contribution in [0.25, 0.3) is 10.4 Å². The molecule has 3 nitrogen and oxygen atoms in total. The number of hydrogen-bond acceptors (Lipinski definition) is 3. The summed E-state index contributed by atoms with van der Waals surface area (Å²) in [7, 11) is 0.926. The molecule has 36 heavy (non-hydrogen) atoms. The van der Waals surface area contributed by atoms with E-state index in [4.69, 9.17) is 0 Å². The van der Waals surface area contributed by atoms with Crippen LogP contribution in [-0.2, 0) is 36.4 Å². The van der Waals surface area contributed by atoms with Crippen molar-refractivity contribution in [1.29, 1.82) is 0 Å². The Bertz CT molecular complexity index is 1180. The zero-order chi connectivity index (χ0) is 26.9. The average Bonchev–Trinajstić information content (AvgIpc) is 3.30. The Morgan fingerprint density at radius 1 is 0.806 bits per heavy atom. The van der Waals surface area contributed by atoms with Gasteiger partial charge in [-0.25, -0.2) is 4.79 Å². The van der Waals surface area contributed by atoms with Gasteiger partial charge in [-0.05, 0) is 58.5 Å². The van der Waals surface area contributed by atoms with Crippen LogP contribution in [0.3, 0.4) is 0 Å². The maximum absolute atomic E-state index is 13.3. The van der Waals surface area contributed by atoms with Crippen LogP contribution in [0.15, 0.2) is 53.9 Å². The van der Waals surface area contributed by atoms with Crippen molar-refractivity contribution in [1.82, 2.24) is 4.90 Å². The molecule has 2 aromatic carbocycles. The van der Waals surface area contributed by atoms with Crippen LogP contribution in [0.5, 0.6) is 0 Å². The molecule has 13 heteroatoms. The van der Waals surface area contributed by atoms with Gasteiger partial charge in [-0.1, -0.05) is 12.1 Å². The van der Waals surface area contributed by atoms with Crippen LogP contribution < -0.4 is 0 Å². The van der Waals surface area contributed by atoms with Gasteiger partial charge in [-0.3, -0.25) is 4.90 Å². The number of amides is 1. The Balaban J connectivity index is 2.07. The molecule has 0 atom stereocenters. The van der Waals surface area contributed by atoms with Crippen molar-refractivity contribution < 1.29 is 49.0 Å². The molecular weight excluding hydrogens is 525 g/mol. The highest BCUT2D eigenvalue weighted by atomic mass is 32.1. The molecule has 1 heterocycles. The summed E-state index contributed by atoms with van der Waals surface area (Å²) in [5.41, 5.74) is -4.47. The van der Waals surface area contributed by atoms with Crippen molar-refractivity contribution in [2.45, 2.75) is 31.6 Å². The molecule has 0 N–H and O–H groups in total. The van der Waals surface area contributed by atoms with E-state index >= 15 is 0 Å². The summed E-state index contributed by atoms with van der Waals surface area (Å²) in [4.78, 5) is 13.7. The first-order chi connectivity index (χ1) is 16.6. The predicted molar refractivity (Wildman–Crippen MR) is 113 cm³/mol. The number of rotatable bonds is 5. The highest BCUT2D eigenvalue weighted by Gasteiger charge is 2.37. The number of methoxy groups -OCH3 is 1. The minimum absolute atomic E-state index is 0.0271. The molecule has 1 aromatic heterocycles. The summed E-state index contributed by atoms with van der Waals surface area (Å²) >= 11 is 1.19. The van der Waals surface area contributed by atoms with Gasteiger partial charge in [0.2, 0.25) is 0 Å². The van der Waals surface area contributed by atoms with E-state index in [0.29, 0.717) is 22.6 Å². The first kappa shape index (κ1) is 27.4. The number of halogens is 9. The lowest BCUT2D eigenvalue weighted by atomic mass is 10.0. The van der Waals surface area contributed by atoms with E-state index in [9.17, 15) is 44.3 Å². The number of nitrogens with zero attached hydrogens (tertiary/aromatic N) is 1. The Morgan fingerprint density at radius 2 is 1.39 bits per heavy atom. The van der Waals surface area contributed by atoms with Gasteiger partial charge < -0.3 is 4.74 Å². The van der Waals surface area contributed by atoms with E-state index in [0.717, 1.165) is 24.1 Å². The quantitative estimate of drug-likeness (QED) is 0.305. The van der Waals surface area contributed by atoms with Crippen LogP contribution in [0, 0.1) is 0 Å². The summed E-state index contributed by atoms with van der Waals surface area (Å²) in [6, 6.07) is 6.87. The first-order valence-corrected chi connectivity index (χ1v) is 10.8. The smallest absolute Gasteiger partial charge is 0.416 e. The Morgan fingerprint density at radius 3 is 1.86 bits per heavy atom. The molecule has 3 rings (SSSR count). The van der Waals surface area contributed by atoms with Crippen LogP contribution in [0.4, 0.5) is 44.3 Å². The van der Waals surface area contributed by atoms with Crippen molar-refractivity contribution >= 4 is 17.4 Å². The Labute approximate surface area is 202 Å². The zero-order valence-electron chi connectivity index (χ0n) is 18.2. The van der Waals surface area contributed by atoms with E-state index < -0.39 is 60.0 Å². The molecule has 0 spiro atoms. The molecular formula is C23H16F9NO2S. The molecule has 0 radical (unpaired) electrons. The second kappa shape index (κ2) is 10.0. The maximum Gasteiger partial charge on any atom is 0.416 e. The fraction of sp³-hybridized carbons (Fsp3) is 0.261. The summed E-state index contributed by atoms with van der Waals surface area (Å²) in [5.74, 6) is 0. The van der Waals surface area contributed by atoms with E-state index in [-0.39, 0.29) is 11.6 Å². The van der Waals surface area contributed by atoms with Crippen LogP contribution in [0.2, 0.25) is 0 Å². The largest absolute Gasteiger partial charge is 0.453 e. The molecule has 0 unspecified atom stereocenters. The highest BCUT2D eigenvalue weighted by Crippen LogP contribution is 2.38. The fourth-order valence-corrected chi connectivity index (χ4v) is 4.21. The number of carbonyl (C=O) groups excluding carboxylic acids is 1. The van der Waals surface area contributed by atoms with Gasteiger partial charge in [0.1, 0.15) is 0 Å². The molecule has 1 amide bonds. The molecule has 0 bridgehead atoms. The second-order valence-electron chi connectivity index (χ2n) is 7.59. The molecule has 0 fully saturated rings. The minimum Gasteiger partial charge on any atom is -0.453 e. The monoisotopic (exact) mass is 541 g/mol. The summed E-state index contributed by atoms with van der Waals surface area (Å²) in [6.45, 7) is -1.37. The summed E-state index contributed by atoms with van der Waals surface area (Å²) < 4.78 is 124. The SMILES string of the molecule is COC(=O)N(Cc1cc(C(F)(F)F)cc(C(F)(F)F)c1)Cc1cc(C(F)(F)F)ccc1-c1cccs1. The maximum atomic E-state index is 13.3. The van der Waals surface area contributed by atoms with Gasteiger partial charge in [-0.2, -0.15) is 39.5 Å². The number of alkyl halides is 9. The standard InChI is InChI=1S/C23H16F9NO2S/c1-35-20(34)33(11-13-7-16(22(27,28)29)10-17(8-13)23(30,31)32)12-14-9-15(21(24,25)26)4-5-18(14)19-3-2-6-36-19/h2-10H,11-12H2,1H3. The van der Waals surface area contributed by atoms with Gasteiger partial charge in [0.05, 0.1) is 30.3 Å². The minimum atomic E-state index is -5.11. The molecule has 0 aliphatic heterocycles. The molecule has 3 aromatic rings. The highest BCUT2D eigenvalue weighted by molar-refractivity contribution is 7.13. The first-order valence-electron chi connectivity index (χ1n) is 9.95. The lowest BCUT2D eigenvalue weighted by Gasteiger charge is -2.24. The number of carbonyl (C=O) groups is 1. The third kappa shape index (κ3) is 6.50. The lowest BCUT2D eigenvalue weighted by Crippen LogP contribution is -2.30. The van der Waals surface area contributed by atoms with Crippen molar-refractivity contribution in [2.75, 3.05) is 7.11 Å². The number of hydrogen-bond donors (Lipinski definition) is 0. The number of thiophene rings is 1. The van der Waals surface area contributed by atoms with E-state index in [2.05, 4.69) is 4.74 Å². The summed E-state index contributed by atoms with van der Waals surface area (Å²) in [6.07, 6.45) is -16.1. The van der Waals surface area contributed by atoms with E-state index in [1.54, 1.807) is 17.5 Å². The van der Waals surface area contributed by atoms with Crippen molar-refractivity contribution in [2.24, 2.45) is 0 Å². The van der Waals surface area contributed by atoms with Gasteiger partial charge in [0.25, 0.3) is 0 Å². The zero-order valence-corrected chi connectivity index (χ0v) is 19.0. The number of benzene rings is 2. The lowest BCUT2D eigenvalue weighted by molar-refractivity contribution is -0.143. The Kier molecular flexibility index (Phi) is 7.63. The topological polar surface area (TPSA) is 29.5 Å². The fourth-order valence-electron chi connectivity index (χ4n) is 3.42. The molecule has 0 aliphatic rings. The van der Waals surface area contributed by atoms with Crippen molar-refractivity contribution in [3.63, 3.8) is 0 Å². The van der Waals surface area contributed by atoms with Crippen molar-refractivity contribution in [3.8, 4) is 10.4 Å². The third-order valence-corrected chi connectivity index (χ3v) is 5.94. The van der Waals surface area contributed by atoms with E-state index in [1.807, 2.05) is 0 Å². The molecule has 0 saturated carbocycles. The summed E-state index contributed by atoms with van der Waals surface area (Å²) in [5, 5.41) is 1.66. The van der Waals surface area contributed by atoms with Crippen LogP contribution in [0.1, 0.15) is 27.8 Å². The molecule has 194 valence electrons. The van der Waals surface area contributed by atoms with Gasteiger partial charge in [0, 0.05) is 11.4 Å². The molecule has 0 saturated heterocycles. The van der Waals surface area contributed by atoms with Crippen molar-refractivity contribution in [3.05, 3.63) is 81.7 Å². The molecule has 0 aliphatic carbocycles. The Hall–Kier alpha value is -3.22. The van der Waals surface area contributed by atoms with Gasteiger partial charge in [-0.15, -0.1) is 11.3 Å². The number of ether oxygens (including phenoxy) is 1. The normalized spacial score (nSPS) is 12.5.